The lowest BCUT2D eigenvalue weighted by Crippen LogP contribution is -1.98. The molecule has 0 atom stereocenters. The Hall–Kier alpha value is -1.04. The summed E-state index contributed by atoms with van der Waals surface area (Å²) in [6.45, 7) is 2.25. The minimum Gasteiger partial charge on any atom is -0.0693 e. The lowest BCUT2D eigenvalue weighted by atomic mass is 9.90. The van der Waals surface area contributed by atoms with Crippen LogP contribution in [0.4, 0.5) is 0 Å². The number of fused-ring (bicyclic) bond motifs is 1. The average Bonchev–Trinajstić information content (AvgIpc) is 2.18. The van der Waals surface area contributed by atoms with E-state index in [4.69, 9.17) is 0 Å². The summed E-state index contributed by atoms with van der Waals surface area (Å²) in [5, 5.41) is 0. The van der Waals surface area contributed by atoms with Crippen molar-refractivity contribution in [2.24, 2.45) is 0 Å². The molecule has 0 unspecified atom stereocenters. The van der Waals surface area contributed by atoms with Gasteiger partial charge in [-0.1, -0.05) is 49.3 Å². The summed E-state index contributed by atoms with van der Waals surface area (Å²) in [5.41, 5.74) is 4.58. The zero-order valence-electron chi connectivity index (χ0n) is 8.22. The van der Waals surface area contributed by atoms with Gasteiger partial charge in [0.1, 0.15) is 0 Å². The first-order chi connectivity index (χ1) is 6.40. The van der Waals surface area contributed by atoms with E-state index in [9.17, 15) is 0 Å². The van der Waals surface area contributed by atoms with Gasteiger partial charge in [-0.2, -0.15) is 0 Å². The fraction of sp³-hybridized carbons (Fsp3) is 0.385. The number of hydrogen-bond acceptors (Lipinski definition) is 0. The molecule has 0 fully saturated rings. The fourth-order valence-corrected chi connectivity index (χ4v) is 2.01. The minimum absolute atomic E-state index is 1.24. The molecule has 1 aromatic rings. The maximum atomic E-state index is 2.38. The Labute approximate surface area is 80.3 Å². The first-order valence-corrected chi connectivity index (χ1v) is 5.17. The first-order valence-electron chi connectivity index (χ1n) is 5.17. The Morgan fingerprint density at radius 2 is 2.00 bits per heavy atom. The lowest BCUT2D eigenvalue weighted by Gasteiger charge is -2.15. The summed E-state index contributed by atoms with van der Waals surface area (Å²) >= 11 is 0. The SMILES string of the molecule is CCCC1=Cc2ccccc2CC1. The van der Waals surface area contributed by atoms with Gasteiger partial charge >= 0.3 is 0 Å². The van der Waals surface area contributed by atoms with Crippen LogP contribution in [0, 0.1) is 0 Å². The molecule has 1 aliphatic carbocycles. The molecule has 0 amide bonds. The highest BCUT2D eigenvalue weighted by Crippen LogP contribution is 2.25. The average molecular weight is 172 g/mol. The minimum atomic E-state index is 1.24. The second-order valence-corrected chi connectivity index (χ2v) is 3.75. The van der Waals surface area contributed by atoms with E-state index in [0.717, 1.165) is 0 Å². The smallest absolute Gasteiger partial charge is 0.0225 e. The maximum absolute atomic E-state index is 2.38. The Balaban J connectivity index is 2.28. The van der Waals surface area contributed by atoms with E-state index < -0.39 is 0 Å². The van der Waals surface area contributed by atoms with Crippen molar-refractivity contribution in [1.82, 2.24) is 0 Å². The molecule has 0 radical (unpaired) electrons. The normalized spacial score (nSPS) is 15.0. The van der Waals surface area contributed by atoms with Crippen LogP contribution in [-0.4, -0.2) is 0 Å². The highest BCUT2D eigenvalue weighted by molar-refractivity contribution is 5.59. The first kappa shape index (κ1) is 8.55. The molecule has 0 nitrogen and oxygen atoms in total. The quantitative estimate of drug-likeness (QED) is 0.636. The van der Waals surface area contributed by atoms with Crippen molar-refractivity contribution in [2.75, 3.05) is 0 Å². The molecule has 0 aromatic heterocycles. The van der Waals surface area contributed by atoms with Crippen LogP contribution in [0.1, 0.15) is 37.3 Å². The standard InChI is InChI=1S/C13H16/c1-2-5-11-8-9-12-6-3-4-7-13(12)10-11/h3-4,6-7,10H,2,5,8-9H2,1H3. The van der Waals surface area contributed by atoms with E-state index in [1.807, 2.05) is 0 Å². The number of benzene rings is 1. The van der Waals surface area contributed by atoms with Gasteiger partial charge in [-0.05, 0) is 30.4 Å². The summed E-state index contributed by atoms with van der Waals surface area (Å²) in [4.78, 5) is 0. The predicted octanol–water partition coefficient (Wildman–Crippen LogP) is 3.82. The van der Waals surface area contributed by atoms with E-state index in [1.165, 1.54) is 36.8 Å². The molecule has 0 N–H and O–H groups in total. The molecular weight excluding hydrogens is 156 g/mol. The van der Waals surface area contributed by atoms with E-state index in [2.05, 4.69) is 37.3 Å². The summed E-state index contributed by atoms with van der Waals surface area (Å²) in [5.74, 6) is 0. The monoisotopic (exact) mass is 172 g/mol. The van der Waals surface area contributed by atoms with Crippen LogP contribution in [0.2, 0.25) is 0 Å². The Kier molecular flexibility index (Phi) is 2.49. The van der Waals surface area contributed by atoms with Gasteiger partial charge in [-0.25, -0.2) is 0 Å². The predicted molar refractivity (Wildman–Crippen MR) is 57.6 cm³/mol. The van der Waals surface area contributed by atoms with Crippen LogP contribution >= 0.6 is 0 Å². The molecule has 0 bridgehead atoms. The lowest BCUT2D eigenvalue weighted by molar-refractivity contribution is 0.814. The van der Waals surface area contributed by atoms with Gasteiger partial charge in [0.25, 0.3) is 0 Å². The summed E-state index contributed by atoms with van der Waals surface area (Å²) < 4.78 is 0. The number of rotatable bonds is 2. The molecule has 0 heteroatoms. The second kappa shape index (κ2) is 3.78. The zero-order valence-corrected chi connectivity index (χ0v) is 8.22. The van der Waals surface area contributed by atoms with E-state index in [-0.39, 0.29) is 0 Å². The van der Waals surface area contributed by atoms with Crippen molar-refractivity contribution < 1.29 is 0 Å². The zero-order chi connectivity index (χ0) is 9.10. The van der Waals surface area contributed by atoms with Gasteiger partial charge in [0.2, 0.25) is 0 Å². The van der Waals surface area contributed by atoms with Crippen molar-refractivity contribution >= 4 is 6.08 Å². The van der Waals surface area contributed by atoms with Gasteiger partial charge < -0.3 is 0 Å². The van der Waals surface area contributed by atoms with Crippen LogP contribution in [0.25, 0.3) is 6.08 Å². The molecule has 0 saturated carbocycles. The van der Waals surface area contributed by atoms with Gasteiger partial charge in [0.15, 0.2) is 0 Å². The number of allylic oxidation sites excluding steroid dienone is 1. The third-order valence-electron chi connectivity index (χ3n) is 2.70. The second-order valence-electron chi connectivity index (χ2n) is 3.75. The maximum Gasteiger partial charge on any atom is -0.0225 e. The van der Waals surface area contributed by atoms with Crippen LogP contribution < -0.4 is 0 Å². The third kappa shape index (κ3) is 1.82. The largest absolute Gasteiger partial charge is 0.0693 e. The molecule has 1 aromatic carbocycles. The van der Waals surface area contributed by atoms with Gasteiger partial charge in [-0.15, -0.1) is 0 Å². The number of aryl methyl sites for hydroxylation is 1. The molecule has 0 aliphatic heterocycles. The summed E-state index contributed by atoms with van der Waals surface area (Å²) in [7, 11) is 0. The molecular formula is C13H16. The fourth-order valence-electron chi connectivity index (χ4n) is 2.01. The van der Waals surface area contributed by atoms with E-state index in [0.29, 0.717) is 0 Å². The van der Waals surface area contributed by atoms with Crippen molar-refractivity contribution in [3.05, 3.63) is 41.0 Å². The highest BCUT2D eigenvalue weighted by Gasteiger charge is 2.07. The van der Waals surface area contributed by atoms with Gasteiger partial charge in [0, 0.05) is 0 Å². The summed E-state index contributed by atoms with van der Waals surface area (Å²) in [6.07, 6.45) is 7.43. The summed E-state index contributed by atoms with van der Waals surface area (Å²) in [6, 6.07) is 8.74. The van der Waals surface area contributed by atoms with Gasteiger partial charge in [-0.3, -0.25) is 0 Å². The topological polar surface area (TPSA) is 0 Å². The van der Waals surface area contributed by atoms with Crippen molar-refractivity contribution in [1.29, 1.82) is 0 Å². The Morgan fingerprint density at radius 1 is 1.15 bits per heavy atom. The molecule has 68 valence electrons. The molecule has 2 rings (SSSR count). The van der Waals surface area contributed by atoms with Crippen molar-refractivity contribution in [3.63, 3.8) is 0 Å². The van der Waals surface area contributed by atoms with Gasteiger partial charge in [0.05, 0.1) is 0 Å². The molecule has 13 heavy (non-hydrogen) atoms. The Morgan fingerprint density at radius 3 is 2.85 bits per heavy atom. The van der Waals surface area contributed by atoms with Crippen LogP contribution in [-0.2, 0) is 6.42 Å². The van der Waals surface area contributed by atoms with Crippen LogP contribution in [0.15, 0.2) is 29.8 Å². The third-order valence-corrected chi connectivity index (χ3v) is 2.70. The molecule has 0 heterocycles. The number of hydrogen-bond donors (Lipinski definition) is 0. The van der Waals surface area contributed by atoms with Crippen LogP contribution in [0.5, 0.6) is 0 Å². The van der Waals surface area contributed by atoms with E-state index in [1.54, 1.807) is 5.57 Å². The van der Waals surface area contributed by atoms with Crippen LogP contribution in [0.3, 0.4) is 0 Å². The Bertz CT molecular complexity index is 321. The van der Waals surface area contributed by atoms with Crippen molar-refractivity contribution in [2.45, 2.75) is 32.6 Å². The molecule has 0 spiro atoms. The van der Waals surface area contributed by atoms with Crippen molar-refractivity contribution in [3.8, 4) is 0 Å². The molecule has 1 aliphatic rings. The highest BCUT2D eigenvalue weighted by atomic mass is 14.1. The molecule has 0 saturated heterocycles. The van der Waals surface area contributed by atoms with E-state index >= 15 is 0 Å².